The van der Waals surface area contributed by atoms with Crippen LogP contribution in [0.2, 0.25) is 0 Å². The van der Waals surface area contributed by atoms with Crippen molar-refractivity contribution in [1.29, 1.82) is 0 Å². The van der Waals surface area contributed by atoms with Crippen molar-refractivity contribution in [3.8, 4) is 0 Å². The second-order valence-corrected chi connectivity index (χ2v) is 4.37. The number of aryl methyl sites for hydroxylation is 1. The molecule has 0 aliphatic carbocycles. The van der Waals surface area contributed by atoms with Crippen LogP contribution in [0.3, 0.4) is 0 Å². The number of hydrogen-bond acceptors (Lipinski definition) is 2. The van der Waals surface area contributed by atoms with Crippen LogP contribution in [-0.4, -0.2) is 22.1 Å². The zero-order valence-electron chi connectivity index (χ0n) is 10.1. The summed E-state index contributed by atoms with van der Waals surface area (Å²) >= 11 is 0. The Bertz CT molecular complexity index is 241. The number of nitrogens with one attached hydrogen (secondary N) is 1. The highest BCUT2D eigenvalue weighted by atomic mass is 15.0. The summed E-state index contributed by atoms with van der Waals surface area (Å²) in [5.74, 6) is 0.725. The maximum atomic E-state index is 4.02. The fourth-order valence-electron chi connectivity index (χ4n) is 1.82. The number of nitrogens with zero attached hydrogens (tertiary/aromatic N) is 2. The smallest absolute Gasteiger partial charge is 0.0945 e. The van der Waals surface area contributed by atoms with Gasteiger partial charge in [0.05, 0.1) is 6.33 Å². The Kier molecular flexibility index (Phi) is 5.40. The third-order valence-electron chi connectivity index (χ3n) is 2.80. The number of rotatable bonds is 7. The topological polar surface area (TPSA) is 29.9 Å². The normalized spacial score (nSPS) is 13.3. The third kappa shape index (κ3) is 4.47. The van der Waals surface area contributed by atoms with Gasteiger partial charge >= 0.3 is 0 Å². The van der Waals surface area contributed by atoms with Crippen LogP contribution >= 0.6 is 0 Å². The number of hydrogen-bond donors (Lipinski definition) is 1. The molecular weight excluding hydrogens is 186 g/mol. The molecule has 1 N–H and O–H groups in total. The average Bonchev–Trinajstić information content (AvgIpc) is 2.70. The molecule has 0 aliphatic heterocycles. The highest BCUT2D eigenvalue weighted by Crippen LogP contribution is 2.05. The summed E-state index contributed by atoms with van der Waals surface area (Å²) in [6, 6.07) is 0.660. The van der Waals surface area contributed by atoms with E-state index in [1.165, 1.54) is 12.8 Å². The maximum Gasteiger partial charge on any atom is 0.0945 e. The molecule has 3 nitrogen and oxygen atoms in total. The lowest BCUT2D eigenvalue weighted by Crippen LogP contribution is -2.34. The molecule has 1 aromatic heterocycles. The van der Waals surface area contributed by atoms with Gasteiger partial charge in [-0.05, 0) is 25.3 Å². The summed E-state index contributed by atoms with van der Waals surface area (Å²) in [6.45, 7) is 8.94. The summed E-state index contributed by atoms with van der Waals surface area (Å²) in [7, 11) is 0. The lowest BCUT2D eigenvalue weighted by atomic mass is 10.0. The van der Waals surface area contributed by atoms with Gasteiger partial charge in [-0.15, -0.1) is 0 Å². The van der Waals surface area contributed by atoms with E-state index in [1.54, 1.807) is 0 Å². The van der Waals surface area contributed by atoms with Gasteiger partial charge in [-0.3, -0.25) is 0 Å². The molecule has 0 aromatic carbocycles. The molecule has 1 aromatic rings. The summed E-state index contributed by atoms with van der Waals surface area (Å²) in [5, 5.41) is 3.60. The Hall–Kier alpha value is -0.830. The van der Waals surface area contributed by atoms with Gasteiger partial charge in [0.15, 0.2) is 0 Å². The molecule has 1 atom stereocenters. The number of imidazole rings is 1. The molecule has 0 unspecified atom stereocenters. The Morgan fingerprint density at radius 2 is 2.20 bits per heavy atom. The molecule has 0 amide bonds. The molecule has 86 valence electrons. The first-order valence-corrected chi connectivity index (χ1v) is 5.93. The molecule has 15 heavy (non-hydrogen) atoms. The minimum Gasteiger partial charge on any atom is -0.337 e. The third-order valence-corrected chi connectivity index (χ3v) is 2.80. The van der Waals surface area contributed by atoms with E-state index in [9.17, 15) is 0 Å². The molecule has 0 fully saturated rings. The van der Waals surface area contributed by atoms with Gasteiger partial charge in [0.2, 0.25) is 0 Å². The number of aromatic nitrogens is 2. The van der Waals surface area contributed by atoms with Crippen molar-refractivity contribution >= 4 is 0 Å². The molecule has 1 rings (SSSR count). The van der Waals surface area contributed by atoms with E-state index < -0.39 is 0 Å². The van der Waals surface area contributed by atoms with Crippen molar-refractivity contribution < 1.29 is 0 Å². The van der Waals surface area contributed by atoms with Crippen molar-refractivity contribution in [3.05, 3.63) is 18.7 Å². The van der Waals surface area contributed by atoms with Gasteiger partial charge in [0, 0.05) is 25.0 Å². The van der Waals surface area contributed by atoms with Crippen molar-refractivity contribution in [2.45, 2.75) is 46.2 Å². The summed E-state index contributed by atoms with van der Waals surface area (Å²) in [5.41, 5.74) is 0. The second kappa shape index (κ2) is 6.62. The highest BCUT2D eigenvalue weighted by molar-refractivity contribution is 4.74. The average molecular weight is 209 g/mol. The van der Waals surface area contributed by atoms with Gasteiger partial charge < -0.3 is 9.88 Å². The van der Waals surface area contributed by atoms with Crippen molar-refractivity contribution in [3.63, 3.8) is 0 Å². The van der Waals surface area contributed by atoms with Crippen molar-refractivity contribution in [1.82, 2.24) is 14.9 Å². The lowest BCUT2D eigenvalue weighted by Gasteiger charge is -2.20. The molecular formula is C12H23N3. The molecule has 0 aliphatic rings. The molecule has 0 bridgehead atoms. The first-order valence-electron chi connectivity index (χ1n) is 5.93. The molecule has 0 saturated heterocycles. The largest absolute Gasteiger partial charge is 0.337 e. The summed E-state index contributed by atoms with van der Waals surface area (Å²) < 4.78 is 2.12. The van der Waals surface area contributed by atoms with E-state index in [4.69, 9.17) is 0 Å². The fourth-order valence-corrected chi connectivity index (χ4v) is 1.82. The van der Waals surface area contributed by atoms with E-state index in [0.29, 0.717) is 6.04 Å². The van der Waals surface area contributed by atoms with E-state index in [-0.39, 0.29) is 0 Å². The summed E-state index contributed by atoms with van der Waals surface area (Å²) in [6.07, 6.45) is 8.10. The van der Waals surface area contributed by atoms with Crippen LogP contribution in [-0.2, 0) is 6.54 Å². The maximum absolute atomic E-state index is 4.02. The van der Waals surface area contributed by atoms with E-state index in [1.807, 2.05) is 18.7 Å². The first-order chi connectivity index (χ1) is 7.24. The minimum absolute atomic E-state index is 0.660. The van der Waals surface area contributed by atoms with E-state index in [2.05, 4.69) is 35.6 Å². The highest BCUT2D eigenvalue weighted by Gasteiger charge is 2.08. The lowest BCUT2D eigenvalue weighted by molar-refractivity contribution is 0.382. The van der Waals surface area contributed by atoms with Gasteiger partial charge in [0.1, 0.15) is 0 Å². The van der Waals surface area contributed by atoms with Crippen LogP contribution < -0.4 is 5.32 Å². The van der Waals surface area contributed by atoms with Crippen LogP contribution in [0.4, 0.5) is 0 Å². The molecule has 0 spiro atoms. The van der Waals surface area contributed by atoms with E-state index >= 15 is 0 Å². The van der Waals surface area contributed by atoms with Crippen LogP contribution in [0, 0.1) is 5.92 Å². The molecule has 0 radical (unpaired) electrons. The Morgan fingerprint density at radius 3 is 2.73 bits per heavy atom. The van der Waals surface area contributed by atoms with Crippen LogP contribution in [0.15, 0.2) is 18.7 Å². The zero-order valence-corrected chi connectivity index (χ0v) is 10.1. The first kappa shape index (κ1) is 12.2. The van der Waals surface area contributed by atoms with E-state index in [0.717, 1.165) is 19.0 Å². The summed E-state index contributed by atoms with van der Waals surface area (Å²) in [4.78, 5) is 4.02. The van der Waals surface area contributed by atoms with Gasteiger partial charge in [-0.2, -0.15) is 0 Å². The SMILES string of the molecule is CC[C@@H](NCCCn1ccnc1)C(C)C. The van der Waals surface area contributed by atoms with Crippen molar-refractivity contribution in [2.75, 3.05) is 6.54 Å². The fraction of sp³-hybridized carbons (Fsp3) is 0.750. The predicted octanol–water partition coefficient (Wildman–Crippen LogP) is 2.30. The molecule has 1 heterocycles. The minimum atomic E-state index is 0.660. The zero-order chi connectivity index (χ0) is 11.1. The standard InChI is InChI=1S/C12H23N3/c1-4-12(11(2)3)14-6-5-8-15-9-7-13-10-15/h7,9-12,14H,4-6,8H2,1-3H3/t12-/m1/s1. The Morgan fingerprint density at radius 1 is 1.40 bits per heavy atom. The predicted molar refractivity (Wildman–Crippen MR) is 63.8 cm³/mol. The molecule has 0 saturated carbocycles. The van der Waals surface area contributed by atoms with Crippen LogP contribution in [0.5, 0.6) is 0 Å². The quantitative estimate of drug-likeness (QED) is 0.698. The van der Waals surface area contributed by atoms with Crippen LogP contribution in [0.1, 0.15) is 33.6 Å². The van der Waals surface area contributed by atoms with Gasteiger partial charge in [-0.25, -0.2) is 4.98 Å². The monoisotopic (exact) mass is 209 g/mol. The Balaban J connectivity index is 2.10. The van der Waals surface area contributed by atoms with Crippen molar-refractivity contribution in [2.24, 2.45) is 5.92 Å². The van der Waals surface area contributed by atoms with Gasteiger partial charge in [-0.1, -0.05) is 20.8 Å². The van der Waals surface area contributed by atoms with Gasteiger partial charge in [0.25, 0.3) is 0 Å². The van der Waals surface area contributed by atoms with Crippen LogP contribution in [0.25, 0.3) is 0 Å². The molecule has 3 heteroatoms. The second-order valence-electron chi connectivity index (χ2n) is 4.37. The Labute approximate surface area is 92.9 Å².